The van der Waals surface area contributed by atoms with E-state index < -0.39 is 55.6 Å². The van der Waals surface area contributed by atoms with Gasteiger partial charge in [-0.3, -0.25) is 4.79 Å². The first-order valence-electron chi connectivity index (χ1n) is 31.3. The summed E-state index contributed by atoms with van der Waals surface area (Å²) in [5, 5.41) is 65.4. The normalized spacial score (nSPS) is 19.6. The van der Waals surface area contributed by atoms with Crippen LogP contribution in [0.5, 0.6) is 0 Å². The van der Waals surface area contributed by atoms with E-state index in [1.165, 1.54) is 250 Å². The van der Waals surface area contributed by atoms with Crippen LogP contribution < -0.4 is 5.32 Å². The molecule has 0 aliphatic carbocycles. The number of hydrogen-bond acceptors (Lipinski definition) is 9. The lowest BCUT2D eigenvalue weighted by molar-refractivity contribution is -0.303. The van der Waals surface area contributed by atoms with E-state index in [4.69, 9.17) is 9.47 Å². The van der Waals surface area contributed by atoms with Crippen molar-refractivity contribution in [2.45, 2.75) is 371 Å². The average molecular weight is 1010 g/mol. The van der Waals surface area contributed by atoms with Gasteiger partial charge in [-0.25, -0.2) is 0 Å². The Labute approximate surface area is 438 Å². The Bertz CT molecular complexity index is 1100. The summed E-state index contributed by atoms with van der Waals surface area (Å²) in [6.07, 6.45) is 51.8. The maximum Gasteiger partial charge on any atom is 0.220 e. The van der Waals surface area contributed by atoms with Gasteiger partial charge in [-0.15, -0.1) is 0 Å². The molecule has 0 spiro atoms. The molecule has 8 atom stereocenters. The minimum absolute atomic E-state index is 0.251. The van der Waals surface area contributed by atoms with Crippen LogP contribution in [0.3, 0.4) is 0 Å². The van der Waals surface area contributed by atoms with E-state index in [-0.39, 0.29) is 18.9 Å². The van der Waals surface area contributed by atoms with Crippen molar-refractivity contribution in [3.05, 3.63) is 0 Å². The highest BCUT2D eigenvalue weighted by Crippen LogP contribution is 2.24. The second kappa shape index (κ2) is 51.3. The molecule has 10 heteroatoms. The van der Waals surface area contributed by atoms with Crippen LogP contribution in [0.2, 0.25) is 0 Å². The highest BCUT2D eigenvalue weighted by Gasteiger charge is 2.44. The summed E-state index contributed by atoms with van der Waals surface area (Å²) in [7, 11) is 0. The minimum Gasteiger partial charge on any atom is -0.394 e. The molecule has 0 radical (unpaired) electrons. The van der Waals surface area contributed by atoms with Gasteiger partial charge in [0, 0.05) is 6.42 Å². The molecule has 1 aliphatic rings. The lowest BCUT2D eigenvalue weighted by Gasteiger charge is -2.40. The predicted octanol–water partition coefficient (Wildman–Crippen LogP) is 14.8. The molecule has 1 amide bonds. The Morgan fingerprint density at radius 2 is 0.732 bits per heavy atom. The third kappa shape index (κ3) is 40.1. The molecule has 2 unspecified atom stereocenters. The number of hydrogen-bond donors (Lipinski definition) is 7. The maximum absolute atomic E-state index is 13.1. The highest BCUT2D eigenvalue weighted by atomic mass is 16.7. The number of rotatable bonds is 55. The van der Waals surface area contributed by atoms with Gasteiger partial charge in [-0.2, -0.15) is 0 Å². The van der Waals surface area contributed by atoms with Crippen molar-refractivity contribution in [2.24, 2.45) is 0 Å². The van der Waals surface area contributed by atoms with Gasteiger partial charge in [0.1, 0.15) is 30.5 Å². The first kappa shape index (κ1) is 68.2. The molecule has 1 saturated heterocycles. The Balaban J connectivity index is 2.04. The Morgan fingerprint density at radius 1 is 0.437 bits per heavy atom. The topological polar surface area (TPSA) is 169 Å². The molecule has 0 aromatic carbocycles. The van der Waals surface area contributed by atoms with E-state index >= 15 is 0 Å². The molecule has 1 heterocycles. The number of unbranched alkanes of at least 4 members (excludes halogenated alkanes) is 44. The molecule has 10 nitrogen and oxygen atoms in total. The van der Waals surface area contributed by atoms with E-state index in [9.17, 15) is 35.4 Å². The minimum atomic E-state index is -1.60. The van der Waals surface area contributed by atoms with Gasteiger partial charge in [-0.1, -0.05) is 303 Å². The third-order valence-corrected chi connectivity index (χ3v) is 15.6. The standard InChI is InChI=1S/C61H121NO9/c1-3-5-7-9-11-13-15-16-17-18-19-20-21-22-23-24-25-26-27-28-29-30-31-32-33-34-35-36-37-38-39-40-42-44-46-48-50-56(65)62-53(52-70-61-60(69)59(68)58(67)55(51-63)71-61)57(66)54(64)49-47-45-43-41-14-12-10-8-6-4-2/h53-55,57-61,63-64,66-69H,3-52H2,1-2H3,(H,62,65)/t53-,54+,55+,57-,58-,59?,60?,61+/m0/s1. The third-order valence-electron chi connectivity index (χ3n) is 15.6. The molecule has 1 rings (SSSR count). The molecule has 424 valence electrons. The molecule has 71 heavy (non-hydrogen) atoms. The van der Waals surface area contributed by atoms with Crippen LogP contribution in [0.1, 0.15) is 322 Å². The van der Waals surface area contributed by atoms with Crippen LogP contribution in [-0.4, -0.2) is 98.7 Å². The number of carbonyl (C=O) groups is 1. The van der Waals surface area contributed by atoms with Crippen molar-refractivity contribution in [3.8, 4) is 0 Å². The zero-order valence-corrected chi connectivity index (χ0v) is 46.9. The summed E-state index contributed by atoms with van der Waals surface area (Å²) >= 11 is 0. The van der Waals surface area contributed by atoms with E-state index in [2.05, 4.69) is 19.2 Å². The number of carbonyl (C=O) groups excluding carboxylic acids is 1. The smallest absolute Gasteiger partial charge is 0.220 e. The van der Waals surface area contributed by atoms with Crippen LogP contribution >= 0.6 is 0 Å². The Morgan fingerprint density at radius 3 is 1.04 bits per heavy atom. The largest absolute Gasteiger partial charge is 0.394 e. The van der Waals surface area contributed by atoms with E-state index in [1.54, 1.807) is 0 Å². The number of nitrogens with one attached hydrogen (secondary N) is 1. The van der Waals surface area contributed by atoms with Gasteiger partial charge in [0.05, 0.1) is 25.4 Å². The fraction of sp³-hybridized carbons (Fsp3) is 0.984. The summed E-state index contributed by atoms with van der Waals surface area (Å²) in [6.45, 7) is 3.63. The molecule has 0 bridgehead atoms. The van der Waals surface area contributed by atoms with Crippen LogP contribution in [0.25, 0.3) is 0 Å². The van der Waals surface area contributed by atoms with Crippen molar-refractivity contribution in [3.63, 3.8) is 0 Å². The van der Waals surface area contributed by atoms with E-state index in [0.29, 0.717) is 6.42 Å². The SMILES string of the molecule is CCCCCCCCCCCCCCCCCCCCCCCCCCCCCCCCCCCCCCC(=O)N[C@@H](CO[C@@H]1O[C@H](CO)[C@H](O)C(O)C1O)[C@H](O)[C@H](O)CCCCCCCCCCCC. The molecular formula is C61H121NO9. The van der Waals surface area contributed by atoms with E-state index in [0.717, 1.165) is 44.9 Å². The van der Waals surface area contributed by atoms with Gasteiger partial charge < -0.3 is 45.4 Å². The van der Waals surface area contributed by atoms with Crippen LogP contribution in [0, 0.1) is 0 Å². The van der Waals surface area contributed by atoms with Crippen molar-refractivity contribution < 1.29 is 44.9 Å². The predicted molar refractivity (Wildman–Crippen MR) is 297 cm³/mol. The number of aliphatic hydroxyl groups is 6. The number of aliphatic hydroxyl groups excluding tert-OH is 6. The maximum atomic E-state index is 13.1. The Kier molecular flexibility index (Phi) is 49.2. The van der Waals surface area contributed by atoms with Gasteiger partial charge in [-0.05, 0) is 12.8 Å². The van der Waals surface area contributed by atoms with E-state index in [1.807, 2.05) is 0 Å². The summed E-state index contributed by atoms with van der Waals surface area (Å²) < 4.78 is 11.2. The zero-order valence-electron chi connectivity index (χ0n) is 46.9. The summed E-state index contributed by atoms with van der Waals surface area (Å²) in [5.41, 5.74) is 0. The molecular weight excluding hydrogens is 891 g/mol. The van der Waals surface area contributed by atoms with Crippen molar-refractivity contribution >= 4 is 5.91 Å². The van der Waals surface area contributed by atoms with Gasteiger partial charge in [0.2, 0.25) is 5.91 Å². The molecule has 1 fully saturated rings. The zero-order chi connectivity index (χ0) is 51.7. The van der Waals surface area contributed by atoms with Crippen LogP contribution in [0.15, 0.2) is 0 Å². The second-order valence-corrected chi connectivity index (χ2v) is 22.4. The van der Waals surface area contributed by atoms with Gasteiger partial charge in [0.25, 0.3) is 0 Å². The van der Waals surface area contributed by atoms with Crippen molar-refractivity contribution in [2.75, 3.05) is 13.2 Å². The lowest BCUT2D eigenvalue weighted by Crippen LogP contribution is -2.60. The van der Waals surface area contributed by atoms with Crippen molar-refractivity contribution in [1.29, 1.82) is 0 Å². The fourth-order valence-corrected chi connectivity index (χ4v) is 10.6. The molecule has 7 N–H and O–H groups in total. The fourth-order valence-electron chi connectivity index (χ4n) is 10.6. The average Bonchev–Trinajstić information content (AvgIpc) is 3.37. The molecule has 0 saturated carbocycles. The van der Waals surface area contributed by atoms with Crippen LogP contribution in [0.4, 0.5) is 0 Å². The second-order valence-electron chi connectivity index (χ2n) is 22.4. The van der Waals surface area contributed by atoms with Crippen molar-refractivity contribution in [1.82, 2.24) is 5.32 Å². The first-order chi connectivity index (χ1) is 34.8. The Hall–Kier alpha value is -0.850. The lowest BCUT2D eigenvalue weighted by atomic mass is 9.98. The quantitative estimate of drug-likeness (QED) is 0.0293. The number of ether oxygens (including phenoxy) is 2. The molecule has 0 aromatic heterocycles. The van der Waals surface area contributed by atoms with Crippen LogP contribution in [-0.2, 0) is 14.3 Å². The monoisotopic (exact) mass is 1010 g/mol. The summed E-state index contributed by atoms with van der Waals surface area (Å²) in [6, 6.07) is -0.985. The highest BCUT2D eigenvalue weighted by molar-refractivity contribution is 5.76. The summed E-state index contributed by atoms with van der Waals surface area (Å²) in [4.78, 5) is 13.1. The molecule has 1 aliphatic heterocycles. The molecule has 0 aromatic rings. The number of amides is 1. The van der Waals surface area contributed by atoms with Gasteiger partial charge in [0.15, 0.2) is 6.29 Å². The first-order valence-corrected chi connectivity index (χ1v) is 31.3. The van der Waals surface area contributed by atoms with Gasteiger partial charge >= 0.3 is 0 Å². The summed E-state index contributed by atoms with van der Waals surface area (Å²) in [5.74, 6) is -0.251.